The molecule has 2 unspecified atom stereocenters. The van der Waals surface area contributed by atoms with Crippen molar-refractivity contribution >= 4 is 19.8 Å². The van der Waals surface area contributed by atoms with Gasteiger partial charge in [-0.25, -0.2) is 4.57 Å². The van der Waals surface area contributed by atoms with Crippen molar-refractivity contribution in [1.82, 2.24) is 0 Å². The number of hydrogen-bond acceptors (Lipinski definition) is 8. The van der Waals surface area contributed by atoms with Gasteiger partial charge in [-0.1, -0.05) is 69.1 Å². The lowest BCUT2D eigenvalue weighted by atomic mass is 10.1. The molecule has 0 aliphatic heterocycles. The number of ether oxygens (including phenoxy) is 2. The zero-order valence-electron chi connectivity index (χ0n) is 24.5. The van der Waals surface area contributed by atoms with Crippen LogP contribution in [0.5, 0.6) is 0 Å². The first-order valence-electron chi connectivity index (χ1n) is 13.8. The minimum absolute atomic E-state index is 0.0111. The van der Waals surface area contributed by atoms with Gasteiger partial charge >= 0.3 is 19.8 Å². The molecule has 0 aliphatic carbocycles. The molecule has 0 spiro atoms. The number of rotatable bonds is 23. The van der Waals surface area contributed by atoms with Gasteiger partial charge in [0, 0.05) is 13.3 Å². The van der Waals surface area contributed by atoms with E-state index in [9.17, 15) is 24.2 Å². The van der Waals surface area contributed by atoms with Crippen LogP contribution in [-0.4, -0.2) is 86.1 Å². The first kappa shape index (κ1) is 37.2. The number of aliphatic hydroxyl groups excluding tert-OH is 1. The maximum Gasteiger partial charge on any atom is 0.472 e. The van der Waals surface area contributed by atoms with Crippen molar-refractivity contribution in [3.8, 4) is 0 Å². The Kier molecular flexibility index (Phi) is 20.9. The van der Waals surface area contributed by atoms with Crippen LogP contribution in [0.25, 0.3) is 0 Å². The first-order valence-corrected chi connectivity index (χ1v) is 15.3. The molecule has 0 amide bonds. The molecule has 0 aromatic heterocycles. The molecule has 0 saturated heterocycles. The standard InChI is InChI=1S/C28H50NO9P/c1-6-7-8-9-10-12-15-18-26(31)19-16-13-11-14-17-20-28(32)35-23-27(38-25(2)30)24-37-39(33,34)36-22-21-29(3,4)5/h7-8,10,12,15,18,26-27,31H,6,9,11,13-14,16-17,19-24H2,1-5H3/p+1/b8-7+,12-10+,18-15+/t26?,27-/m1/s1. The van der Waals surface area contributed by atoms with Gasteiger partial charge in [-0.15, -0.1) is 0 Å². The number of carbonyl (C=O) groups is 2. The van der Waals surface area contributed by atoms with Crippen LogP contribution < -0.4 is 0 Å². The number of likely N-dealkylation sites (N-methyl/N-ethyl adjacent to an activating group) is 1. The van der Waals surface area contributed by atoms with Gasteiger partial charge in [-0.3, -0.25) is 18.6 Å². The Bertz CT molecular complexity index is 805. The molecular formula is C28H51NO9P+. The maximum absolute atomic E-state index is 12.1. The molecule has 0 fully saturated rings. The highest BCUT2D eigenvalue weighted by atomic mass is 31.2. The van der Waals surface area contributed by atoms with E-state index in [1.165, 1.54) is 6.92 Å². The molecule has 0 rings (SSSR count). The van der Waals surface area contributed by atoms with E-state index in [4.69, 9.17) is 18.5 Å². The number of aliphatic hydroxyl groups is 1. The third-order valence-electron chi connectivity index (χ3n) is 5.34. The fourth-order valence-electron chi connectivity index (χ4n) is 3.19. The Morgan fingerprint density at radius 2 is 1.64 bits per heavy atom. The number of nitrogens with zero attached hydrogens (tertiary/aromatic N) is 1. The average molecular weight is 577 g/mol. The molecule has 0 aromatic carbocycles. The van der Waals surface area contributed by atoms with Crippen molar-refractivity contribution in [2.45, 2.75) is 83.8 Å². The summed E-state index contributed by atoms with van der Waals surface area (Å²) in [5.74, 6) is -1.08. The van der Waals surface area contributed by atoms with E-state index in [1.807, 2.05) is 39.4 Å². The Labute approximate surface area is 234 Å². The molecule has 226 valence electrons. The van der Waals surface area contributed by atoms with E-state index >= 15 is 0 Å². The Morgan fingerprint density at radius 3 is 2.31 bits per heavy atom. The molecule has 3 atom stereocenters. The average Bonchev–Trinajstić information content (AvgIpc) is 2.83. The van der Waals surface area contributed by atoms with Crippen LogP contribution >= 0.6 is 7.82 Å². The lowest BCUT2D eigenvalue weighted by Crippen LogP contribution is -2.37. The zero-order chi connectivity index (χ0) is 29.6. The van der Waals surface area contributed by atoms with E-state index in [1.54, 1.807) is 6.08 Å². The number of unbranched alkanes of at least 4 members (excludes halogenated alkanes) is 4. The van der Waals surface area contributed by atoms with Gasteiger partial charge in [0.05, 0.1) is 33.9 Å². The number of quaternary nitrogens is 1. The monoisotopic (exact) mass is 576 g/mol. The first-order chi connectivity index (χ1) is 18.3. The zero-order valence-corrected chi connectivity index (χ0v) is 25.4. The quantitative estimate of drug-likeness (QED) is 0.0437. The Hall–Kier alpha value is -1.81. The maximum atomic E-state index is 12.1. The molecule has 0 aliphatic rings. The molecule has 10 nitrogen and oxygen atoms in total. The predicted octanol–water partition coefficient (Wildman–Crippen LogP) is 4.86. The van der Waals surface area contributed by atoms with Crippen molar-refractivity contribution in [2.24, 2.45) is 0 Å². The molecule has 0 radical (unpaired) electrons. The number of carbonyl (C=O) groups excluding carboxylic acids is 2. The van der Waals surface area contributed by atoms with E-state index in [-0.39, 0.29) is 19.6 Å². The number of hydrogen-bond donors (Lipinski definition) is 2. The van der Waals surface area contributed by atoms with E-state index in [2.05, 4.69) is 19.1 Å². The molecule has 2 N–H and O–H groups in total. The number of allylic oxidation sites excluding steroid dienone is 5. The second-order valence-corrected chi connectivity index (χ2v) is 11.8. The fraction of sp³-hybridized carbons (Fsp3) is 0.714. The van der Waals surface area contributed by atoms with Crippen LogP contribution in [-0.2, 0) is 32.7 Å². The second kappa shape index (κ2) is 21.9. The van der Waals surface area contributed by atoms with Gasteiger partial charge in [0.2, 0.25) is 0 Å². The van der Waals surface area contributed by atoms with Crippen molar-refractivity contribution in [2.75, 3.05) is 47.5 Å². The summed E-state index contributed by atoms with van der Waals surface area (Å²) in [4.78, 5) is 33.2. The van der Waals surface area contributed by atoms with Crippen LogP contribution in [0.3, 0.4) is 0 Å². The summed E-state index contributed by atoms with van der Waals surface area (Å²) in [6.07, 6.45) is 17.5. The van der Waals surface area contributed by atoms with Gasteiger partial charge in [0.15, 0.2) is 6.10 Å². The van der Waals surface area contributed by atoms with Gasteiger partial charge in [0.1, 0.15) is 19.8 Å². The summed E-state index contributed by atoms with van der Waals surface area (Å²) in [6, 6.07) is 0. The minimum Gasteiger partial charge on any atom is -0.462 e. The number of phosphoric ester groups is 1. The SMILES string of the molecule is CC/C=C/C/C=C/C=C/C(O)CCCCCCCC(=O)OC[C@H](COP(=O)(O)OCC[N+](C)(C)C)OC(C)=O. The lowest BCUT2D eigenvalue weighted by molar-refractivity contribution is -0.870. The Balaban J connectivity index is 4.09. The lowest BCUT2D eigenvalue weighted by Gasteiger charge is -2.24. The summed E-state index contributed by atoms with van der Waals surface area (Å²) in [5, 5.41) is 10.0. The Morgan fingerprint density at radius 1 is 0.949 bits per heavy atom. The van der Waals surface area contributed by atoms with Crippen LogP contribution in [0, 0.1) is 0 Å². The normalized spacial score (nSPS) is 15.6. The predicted molar refractivity (Wildman–Crippen MR) is 152 cm³/mol. The van der Waals surface area contributed by atoms with E-state index < -0.39 is 38.6 Å². The van der Waals surface area contributed by atoms with Crippen molar-refractivity contribution in [1.29, 1.82) is 0 Å². The summed E-state index contributed by atoms with van der Waals surface area (Å²) in [7, 11) is 1.40. The van der Waals surface area contributed by atoms with Crippen molar-refractivity contribution < 1.29 is 47.2 Å². The molecular weight excluding hydrogens is 525 g/mol. The van der Waals surface area contributed by atoms with Gasteiger partial charge < -0.3 is 24.0 Å². The second-order valence-electron chi connectivity index (χ2n) is 10.3. The summed E-state index contributed by atoms with van der Waals surface area (Å²) >= 11 is 0. The fourth-order valence-corrected chi connectivity index (χ4v) is 3.94. The number of esters is 2. The summed E-state index contributed by atoms with van der Waals surface area (Å²) < 4.78 is 32.6. The molecule has 0 heterocycles. The van der Waals surface area contributed by atoms with E-state index in [0.717, 1.165) is 38.5 Å². The molecule has 11 heteroatoms. The third kappa shape index (κ3) is 26.2. The number of phosphoric acid groups is 1. The molecule has 39 heavy (non-hydrogen) atoms. The van der Waals surface area contributed by atoms with Crippen LogP contribution in [0.15, 0.2) is 36.5 Å². The van der Waals surface area contributed by atoms with Crippen molar-refractivity contribution in [3.63, 3.8) is 0 Å². The van der Waals surface area contributed by atoms with Gasteiger partial charge in [-0.2, -0.15) is 0 Å². The highest BCUT2D eigenvalue weighted by molar-refractivity contribution is 7.47. The summed E-state index contributed by atoms with van der Waals surface area (Å²) in [5.41, 5.74) is 0. The topological polar surface area (TPSA) is 129 Å². The molecule has 0 bridgehead atoms. The van der Waals surface area contributed by atoms with Gasteiger partial charge in [-0.05, 0) is 25.7 Å². The summed E-state index contributed by atoms with van der Waals surface area (Å²) in [6.45, 7) is 3.06. The smallest absolute Gasteiger partial charge is 0.462 e. The molecule has 0 aromatic rings. The highest BCUT2D eigenvalue weighted by Gasteiger charge is 2.26. The molecule has 0 saturated carbocycles. The van der Waals surface area contributed by atoms with E-state index in [0.29, 0.717) is 23.9 Å². The highest BCUT2D eigenvalue weighted by Crippen LogP contribution is 2.43. The van der Waals surface area contributed by atoms with Gasteiger partial charge in [0.25, 0.3) is 0 Å². The van der Waals surface area contributed by atoms with Crippen LogP contribution in [0.1, 0.15) is 71.6 Å². The largest absolute Gasteiger partial charge is 0.472 e. The van der Waals surface area contributed by atoms with Crippen LogP contribution in [0.2, 0.25) is 0 Å². The third-order valence-corrected chi connectivity index (χ3v) is 6.32. The van der Waals surface area contributed by atoms with Crippen LogP contribution in [0.4, 0.5) is 0 Å². The van der Waals surface area contributed by atoms with Crippen molar-refractivity contribution in [3.05, 3.63) is 36.5 Å². The minimum atomic E-state index is -4.34.